The minimum atomic E-state index is 1.06. The molecular weight excluding hydrogens is 242 g/mol. The third-order valence-corrected chi connectivity index (χ3v) is 3.17. The van der Waals surface area contributed by atoms with Crippen molar-refractivity contribution in [3.05, 3.63) is 78.5 Å². The molecule has 20 heavy (non-hydrogen) atoms. The van der Waals surface area contributed by atoms with Crippen LogP contribution >= 0.6 is 0 Å². The van der Waals surface area contributed by atoms with E-state index < -0.39 is 0 Å². The monoisotopic (exact) mass is 263 g/mol. The van der Waals surface area contributed by atoms with Crippen LogP contribution in [-0.2, 0) is 6.42 Å². The zero-order chi connectivity index (χ0) is 14.0. The smallest absolute Gasteiger partial charge is 0.0701 e. The van der Waals surface area contributed by atoms with E-state index in [0.29, 0.717) is 0 Å². The molecule has 0 amide bonds. The minimum absolute atomic E-state index is 1.06. The van der Waals surface area contributed by atoms with Gasteiger partial charge in [-0.2, -0.15) is 0 Å². The summed E-state index contributed by atoms with van der Waals surface area (Å²) in [5.74, 6) is 0. The molecule has 1 nitrogen and oxygen atoms in total. The van der Waals surface area contributed by atoms with Crippen LogP contribution in [0.3, 0.4) is 0 Å². The van der Waals surface area contributed by atoms with E-state index in [0.717, 1.165) is 5.52 Å². The second kappa shape index (κ2) is 8.11. The summed E-state index contributed by atoms with van der Waals surface area (Å²) < 4.78 is 0. The quantitative estimate of drug-likeness (QED) is 0.627. The van der Waals surface area contributed by atoms with Gasteiger partial charge in [-0.15, -0.1) is 0 Å². The van der Waals surface area contributed by atoms with Gasteiger partial charge in [-0.1, -0.05) is 67.9 Å². The number of benzene rings is 2. The Labute approximate surface area is 121 Å². The van der Waals surface area contributed by atoms with E-state index in [1.807, 2.05) is 30.5 Å². The van der Waals surface area contributed by atoms with Crippen LogP contribution in [-0.4, -0.2) is 4.98 Å². The van der Waals surface area contributed by atoms with Gasteiger partial charge in [0.2, 0.25) is 0 Å². The molecular formula is C19H21N. The molecule has 0 spiro atoms. The van der Waals surface area contributed by atoms with Crippen molar-refractivity contribution in [2.24, 2.45) is 0 Å². The third-order valence-electron chi connectivity index (χ3n) is 3.17. The van der Waals surface area contributed by atoms with Gasteiger partial charge in [0.25, 0.3) is 0 Å². The number of para-hydroxylation sites is 1. The molecule has 0 fully saturated rings. The summed E-state index contributed by atoms with van der Waals surface area (Å²) in [6.45, 7) is 2.23. The van der Waals surface area contributed by atoms with Gasteiger partial charge >= 0.3 is 0 Å². The molecule has 0 saturated heterocycles. The maximum Gasteiger partial charge on any atom is 0.0701 e. The maximum absolute atomic E-state index is 4.18. The highest BCUT2D eigenvalue weighted by Crippen LogP contribution is 2.08. The largest absolute Gasteiger partial charge is 0.256 e. The van der Waals surface area contributed by atoms with Gasteiger partial charge in [-0.05, 0) is 30.5 Å². The van der Waals surface area contributed by atoms with Gasteiger partial charge in [0, 0.05) is 11.6 Å². The lowest BCUT2D eigenvalue weighted by Crippen LogP contribution is -1.81. The van der Waals surface area contributed by atoms with Crippen molar-refractivity contribution in [2.75, 3.05) is 0 Å². The molecule has 0 atom stereocenters. The molecule has 1 heterocycles. The summed E-state index contributed by atoms with van der Waals surface area (Å²) in [4.78, 5) is 4.18. The van der Waals surface area contributed by atoms with Crippen molar-refractivity contribution in [2.45, 2.75) is 26.2 Å². The van der Waals surface area contributed by atoms with Gasteiger partial charge in [0.15, 0.2) is 0 Å². The number of hydrogen-bond donors (Lipinski definition) is 0. The number of nitrogens with zero attached hydrogens (tertiary/aromatic N) is 1. The molecule has 3 aromatic rings. The van der Waals surface area contributed by atoms with Crippen LogP contribution in [0.4, 0.5) is 0 Å². The lowest BCUT2D eigenvalue weighted by Gasteiger charge is -1.96. The van der Waals surface area contributed by atoms with Crippen molar-refractivity contribution in [1.29, 1.82) is 0 Å². The van der Waals surface area contributed by atoms with Gasteiger partial charge in [0.05, 0.1) is 5.52 Å². The molecule has 1 aromatic heterocycles. The van der Waals surface area contributed by atoms with Crippen LogP contribution in [0.5, 0.6) is 0 Å². The number of aromatic nitrogens is 1. The SMILES string of the molecule is CCCCc1ccccc1.c1ccc2ncccc2c1. The molecule has 0 aliphatic heterocycles. The van der Waals surface area contributed by atoms with E-state index in [-0.39, 0.29) is 0 Å². The molecule has 3 rings (SSSR count). The highest BCUT2D eigenvalue weighted by molar-refractivity contribution is 5.77. The number of rotatable bonds is 3. The first kappa shape index (κ1) is 14.3. The second-order valence-electron chi connectivity index (χ2n) is 4.79. The average molecular weight is 263 g/mol. The van der Waals surface area contributed by atoms with E-state index in [1.54, 1.807) is 0 Å². The standard InChI is InChI=1S/C10H14.C9H7N/c1-2-3-7-10-8-5-4-6-9-10;1-2-6-9-8(4-1)5-3-7-10-9/h4-6,8-9H,2-3,7H2,1H3;1-7H. The molecule has 1 heteroatoms. The molecule has 2 aromatic carbocycles. The summed E-state index contributed by atoms with van der Waals surface area (Å²) in [7, 11) is 0. The van der Waals surface area contributed by atoms with Gasteiger partial charge in [-0.3, -0.25) is 4.98 Å². The fourth-order valence-corrected chi connectivity index (χ4v) is 2.04. The average Bonchev–Trinajstić information content (AvgIpc) is 2.55. The first-order valence-corrected chi connectivity index (χ1v) is 7.24. The molecule has 0 bridgehead atoms. The fourth-order valence-electron chi connectivity index (χ4n) is 2.04. The molecule has 102 valence electrons. The van der Waals surface area contributed by atoms with Crippen molar-refractivity contribution in [1.82, 2.24) is 4.98 Å². The lowest BCUT2D eigenvalue weighted by molar-refractivity contribution is 0.795. The predicted octanol–water partition coefficient (Wildman–Crippen LogP) is 5.26. The van der Waals surface area contributed by atoms with E-state index in [1.165, 1.54) is 30.2 Å². The zero-order valence-electron chi connectivity index (χ0n) is 12.0. The number of aryl methyl sites for hydroxylation is 1. The van der Waals surface area contributed by atoms with Crippen LogP contribution < -0.4 is 0 Å². The van der Waals surface area contributed by atoms with E-state index in [4.69, 9.17) is 0 Å². The van der Waals surface area contributed by atoms with Gasteiger partial charge in [-0.25, -0.2) is 0 Å². The van der Waals surface area contributed by atoms with E-state index in [9.17, 15) is 0 Å². The van der Waals surface area contributed by atoms with Crippen LogP contribution in [0.2, 0.25) is 0 Å². The summed E-state index contributed by atoms with van der Waals surface area (Å²) in [6, 6.07) is 22.7. The van der Waals surface area contributed by atoms with Crippen LogP contribution in [0.15, 0.2) is 72.9 Å². The highest BCUT2D eigenvalue weighted by Gasteiger charge is 1.87. The van der Waals surface area contributed by atoms with Crippen LogP contribution in [0.1, 0.15) is 25.3 Å². The van der Waals surface area contributed by atoms with Crippen molar-refractivity contribution in [3.63, 3.8) is 0 Å². The predicted molar refractivity (Wildman–Crippen MR) is 86.8 cm³/mol. The third kappa shape index (κ3) is 4.51. The highest BCUT2D eigenvalue weighted by atomic mass is 14.6. The fraction of sp³-hybridized carbons (Fsp3) is 0.211. The van der Waals surface area contributed by atoms with E-state index >= 15 is 0 Å². The Balaban J connectivity index is 0.000000147. The Morgan fingerprint density at radius 2 is 1.50 bits per heavy atom. The maximum atomic E-state index is 4.18. The Bertz CT molecular complexity index is 551. The van der Waals surface area contributed by atoms with Crippen LogP contribution in [0, 0.1) is 0 Å². The van der Waals surface area contributed by atoms with Crippen LogP contribution in [0.25, 0.3) is 10.9 Å². The summed E-state index contributed by atoms with van der Waals surface area (Å²) in [6.07, 6.45) is 5.64. The molecule has 0 unspecified atom stereocenters. The lowest BCUT2D eigenvalue weighted by atomic mass is 10.1. The summed E-state index contributed by atoms with van der Waals surface area (Å²) >= 11 is 0. The normalized spacial score (nSPS) is 9.85. The van der Waals surface area contributed by atoms with E-state index in [2.05, 4.69) is 54.4 Å². The van der Waals surface area contributed by atoms with Crippen molar-refractivity contribution in [3.8, 4) is 0 Å². The molecule has 0 N–H and O–H groups in total. The Kier molecular flexibility index (Phi) is 5.78. The minimum Gasteiger partial charge on any atom is -0.256 e. The Hall–Kier alpha value is -2.15. The molecule has 0 aliphatic rings. The molecule has 0 radical (unpaired) electrons. The Morgan fingerprint density at radius 3 is 2.25 bits per heavy atom. The number of hydrogen-bond acceptors (Lipinski definition) is 1. The second-order valence-corrected chi connectivity index (χ2v) is 4.79. The van der Waals surface area contributed by atoms with Crippen molar-refractivity contribution >= 4 is 10.9 Å². The summed E-state index contributed by atoms with van der Waals surface area (Å²) in [5, 5.41) is 1.20. The summed E-state index contributed by atoms with van der Waals surface area (Å²) in [5.41, 5.74) is 2.52. The zero-order valence-corrected chi connectivity index (χ0v) is 12.0. The first-order valence-electron chi connectivity index (χ1n) is 7.24. The van der Waals surface area contributed by atoms with Gasteiger partial charge < -0.3 is 0 Å². The molecule has 0 saturated carbocycles. The topological polar surface area (TPSA) is 12.9 Å². The first-order chi connectivity index (χ1) is 9.90. The number of pyridine rings is 1. The number of unbranched alkanes of at least 4 members (excludes halogenated alkanes) is 1. The molecule has 0 aliphatic carbocycles. The Morgan fingerprint density at radius 1 is 0.800 bits per heavy atom. The van der Waals surface area contributed by atoms with Crippen molar-refractivity contribution < 1.29 is 0 Å². The van der Waals surface area contributed by atoms with Gasteiger partial charge in [0.1, 0.15) is 0 Å². The number of fused-ring (bicyclic) bond motifs is 1.